The summed E-state index contributed by atoms with van der Waals surface area (Å²) in [6, 6.07) is 3.78. The van der Waals surface area contributed by atoms with Gasteiger partial charge in [-0.25, -0.2) is 0 Å². The number of hydrogen-bond acceptors (Lipinski definition) is 6. The van der Waals surface area contributed by atoms with Crippen molar-refractivity contribution in [2.24, 2.45) is 5.92 Å². The van der Waals surface area contributed by atoms with E-state index in [2.05, 4.69) is 20.5 Å². The summed E-state index contributed by atoms with van der Waals surface area (Å²) in [5.41, 5.74) is 0.907. The van der Waals surface area contributed by atoms with E-state index in [1.54, 1.807) is 12.4 Å². The van der Waals surface area contributed by atoms with Crippen LogP contribution in [0.4, 0.5) is 0 Å². The number of rotatable bonds is 3. The molecule has 6 heteroatoms. The quantitative estimate of drug-likeness (QED) is 0.864. The first-order chi connectivity index (χ1) is 9.34. The zero-order chi connectivity index (χ0) is 13.1. The molecule has 0 aromatic carbocycles. The van der Waals surface area contributed by atoms with E-state index in [0.29, 0.717) is 5.01 Å². The third kappa shape index (κ3) is 2.69. The van der Waals surface area contributed by atoms with Gasteiger partial charge in [-0.1, -0.05) is 11.3 Å². The minimum Gasteiger partial charge on any atom is -0.317 e. The summed E-state index contributed by atoms with van der Waals surface area (Å²) in [5, 5.41) is 12.7. The molecule has 1 N–H and O–H groups in total. The van der Waals surface area contributed by atoms with Crippen LogP contribution in [0.15, 0.2) is 24.5 Å². The molecule has 1 aliphatic rings. The van der Waals surface area contributed by atoms with Crippen molar-refractivity contribution >= 4 is 17.1 Å². The summed E-state index contributed by atoms with van der Waals surface area (Å²) in [6.45, 7) is 1.81. The maximum Gasteiger partial charge on any atom is 0.196 e. The van der Waals surface area contributed by atoms with Gasteiger partial charge in [0, 0.05) is 23.9 Å². The number of Topliss-reactive ketones (excluding diaryl/α,β-unsaturated/α-hetero) is 1. The van der Waals surface area contributed by atoms with Crippen molar-refractivity contribution in [1.29, 1.82) is 0 Å². The third-order valence-electron chi connectivity index (χ3n) is 3.25. The normalized spacial score (nSPS) is 16.4. The number of nitrogens with one attached hydrogen (secondary N) is 1. The van der Waals surface area contributed by atoms with Crippen LogP contribution in [-0.2, 0) is 0 Å². The van der Waals surface area contributed by atoms with Gasteiger partial charge in [0.05, 0.1) is 0 Å². The predicted octanol–water partition coefficient (Wildman–Crippen LogP) is 1.78. The Balaban J connectivity index is 1.79. The Morgan fingerprint density at radius 1 is 1.32 bits per heavy atom. The molecule has 0 bridgehead atoms. The molecule has 2 aromatic rings. The van der Waals surface area contributed by atoms with E-state index in [0.717, 1.165) is 36.5 Å². The molecule has 0 amide bonds. The van der Waals surface area contributed by atoms with Gasteiger partial charge >= 0.3 is 0 Å². The highest BCUT2D eigenvalue weighted by Crippen LogP contribution is 2.26. The molecule has 3 rings (SSSR count). The second kappa shape index (κ2) is 5.54. The number of carbonyl (C=O) groups is 1. The van der Waals surface area contributed by atoms with Crippen molar-refractivity contribution in [3.63, 3.8) is 0 Å². The van der Waals surface area contributed by atoms with E-state index < -0.39 is 0 Å². The lowest BCUT2D eigenvalue weighted by molar-refractivity contribution is 0.0894. The average Bonchev–Trinajstić information content (AvgIpc) is 2.98. The fourth-order valence-electron chi connectivity index (χ4n) is 2.19. The van der Waals surface area contributed by atoms with Gasteiger partial charge in [0.15, 0.2) is 10.8 Å². The van der Waals surface area contributed by atoms with Gasteiger partial charge in [0.2, 0.25) is 0 Å². The van der Waals surface area contributed by atoms with Gasteiger partial charge in [-0.05, 0) is 38.1 Å². The summed E-state index contributed by atoms with van der Waals surface area (Å²) in [4.78, 5) is 16.4. The van der Waals surface area contributed by atoms with Gasteiger partial charge in [-0.2, -0.15) is 0 Å². The van der Waals surface area contributed by atoms with Crippen molar-refractivity contribution in [2.45, 2.75) is 12.8 Å². The predicted molar refractivity (Wildman–Crippen MR) is 73.1 cm³/mol. The fraction of sp³-hybridized carbons (Fsp3) is 0.385. The third-order valence-corrected chi connectivity index (χ3v) is 4.24. The van der Waals surface area contributed by atoms with Crippen molar-refractivity contribution in [3.05, 3.63) is 29.5 Å². The van der Waals surface area contributed by atoms with Gasteiger partial charge in [0.1, 0.15) is 5.01 Å². The lowest BCUT2D eigenvalue weighted by Crippen LogP contribution is -2.31. The SMILES string of the molecule is O=C(c1nnc(-c2cccnc2)s1)C1CCNCC1. The molecule has 1 fully saturated rings. The fourth-order valence-corrected chi connectivity index (χ4v) is 3.04. The molecule has 3 heterocycles. The molecule has 2 aromatic heterocycles. The van der Waals surface area contributed by atoms with E-state index in [-0.39, 0.29) is 11.7 Å². The second-order valence-electron chi connectivity index (χ2n) is 4.54. The number of piperidine rings is 1. The van der Waals surface area contributed by atoms with Crippen LogP contribution in [0, 0.1) is 5.92 Å². The van der Waals surface area contributed by atoms with Crippen LogP contribution in [0.3, 0.4) is 0 Å². The minimum absolute atomic E-state index is 0.0935. The first-order valence-electron chi connectivity index (χ1n) is 6.33. The minimum atomic E-state index is 0.0935. The van der Waals surface area contributed by atoms with Crippen molar-refractivity contribution < 1.29 is 4.79 Å². The summed E-state index contributed by atoms with van der Waals surface area (Å²) in [7, 11) is 0. The number of nitrogens with zero attached hydrogens (tertiary/aromatic N) is 3. The molecule has 1 saturated heterocycles. The summed E-state index contributed by atoms with van der Waals surface area (Å²) < 4.78 is 0. The molecule has 5 nitrogen and oxygen atoms in total. The maximum atomic E-state index is 12.3. The van der Waals surface area contributed by atoms with Crippen LogP contribution in [0.5, 0.6) is 0 Å². The Bertz CT molecular complexity index is 563. The summed E-state index contributed by atoms with van der Waals surface area (Å²) in [5.74, 6) is 0.227. The summed E-state index contributed by atoms with van der Waals surface area (Å²) >= 11 is 1.36. The zero-order valence-electron chi connectivity index (χ0n) is 10.4. The Labute approximate surface area is 115 Å². The molecular formula is C13H14N4OS. The van der Waals surface area contributed by atoms with Gasteiger partial charge in [0.25, 0.3) is 0 Å². The van der Waals surface area contributed by atoms with Crippen molar-refractivity contribution in [1.82, 2.24) is 20.5 Å². The van der Waals surface area contributed by atoms with Gasteiger partial charge < -0.3 is 5.32 Å². The molecule has 0 atom stereocenters. The highest BCUT2D eigenvalue weighted by Gasteiger charge is 2.25. The standard InChI is InChI=1S/C13H14N4OS/c18-11(9-3-6-14-7-4-9)13-17-16-12(19-13)10-2-1-5-15-8-10/h1-2,5,8-9,14H,3-4,6-7H2. The van der Waals surface area contributed by atoms with Gasteiger partial charge in [-0.15, -0.1) is 10.2 Å². The smallest absolute Gasteiger partial charge is 0.196 e. The van der Waals surface area contributed by atoms with Crippen LogP contribution in [-0.4, -0.2) is 34.1 Å². The van der Waals surface area contributed by atoms with E-state index in [1.165, 1.54) is 11.3 Å². The zero-order valence-corrected chi connectivity index (χ0v) is 11.2. The number of hydrogen-bond donors (Lipinski definition) is 1. The van der Waals surface area contributed by atoms with Crippen LogP contribution in [0.25, 0.3) is 10.6 Å². The first-order valence-corrected chi connectivity index (χ1v) is 7.15. The second-order valence-corrected chi connectivity index (χ2v) is 5.52. The Morgan fingerprint density at radius 2 is 2.16 bits per heavy atom. The van der Waals surface area contributed by atoms with E-state index >= 15 is 0 Å². The Kier molecular flexibility index (Phi) is 3.61. The average molecular weight is 274 g/mol. The number of aromatic nitrogens is 3. The van der Waals surface area contributed by atoms with Crippen molar-refractivity contribution in [3.8, 4) is 10.6 Å². The Morgan fingerprint density at radius 3 is 2.89 bits per heavy atom. The van der Waals surface area contributed by atoms with Crippen LogP contribution in [0.1, 0.15) is 22.6 Å². The molecule has 0 saturated carbocycles. The highest BCUT2D eigenvalue weighted by atomic mass is 32.1. The van der Waals surface area contributed by atoms with Gasteiger partial charge in [-0.3, -0.25) is 9.78 Å². The molecule has 0 spiro atoms. The Hall–Kier alpha value is -1.66. The molecule has 0 unspecified atom stereocenters. The van der Waals surface area contributed by atoms with Crippen molar-refractivity contribution in [2.75, 3.05) is 13.1 Å². The molecule has 0 aliphatic carbocycles. The van der Waals surface area contributed by atoms with E-state index in [4.69, 9.17) is 0 Å². The molecule has 1 aliphatic heterocycles. The topological polar surface area (TPSA) is 67.8 Å². The highest BCUT2D eigenvalue weighted by molar-refractivity contribution is 7.16. The van der Waals surface area contributed by atoms with Crippen LogP contribution < -0.4 is 5.32 Å². The number of pyridine rings is 1. The monoisotopic (exact) mass is 274 g/mol. The van der Waals surface area contributed by atoms with E-state index in [9.17, 15) is 4.79 Å². The largest absolute Gasteiger partial charge is 0.317 e. The molecule has 19 heavy (non-hydrogen) atoms. The number of carbonyl (C=O) groups excluding carboxylic acids is 1. The molecular weight excluding hydrogens is 260 g/mol. The van der Waals surface area contributed by atoms with Crippen LogP contribution >= 0.6 is 11.3 Å². The molecule has 98 valence electrons. The van der Waals surface area contributed by atoms with E-state index in [1.807, 2.05) is 12.1 Å². The lowest BCUT2D eigenvalue weighted by Gasteiger charge is -2.19. The molecule has 0 radical (unpaired) electrons. The summed E-state index contributed by atoms with van der Waals surface area (Å²) in [6.07, 6.45) is 5.23. The first kappa shape index (κ1) is 12.4. The lowest BCUT2D eigenvalue weighted by atomic mass is 9.94. The maximum absolute atomic E-state index is 12.3. The number of ketones is 1. The van der Waals surface area contributed by atoms with Crippen LogP contribution in [0.2, 0.25) is 0 Å².